The predicted octanol–water partition coefficient (Wildman–Crippen LogP) is 0.732. The van der Waals surface area contributed by atoms with E-state index >= 15 is 0 Å². The molecule has 0 bridgehead atoms. The van der Waals surface area contributed by atoms with Crippen molar-refractivity contribution in [2.45, 2.75) is 31.6 Å². The molecule has 0 spiro atoms. The minimum absolute atomic E-state index is 0.0442. The standard InChI is InChI=1S/C17H22N4O5S/c1-12-11-16(20-26-12)21(13(2)22)10-8-17(23)19-9-7-14-3-5-15(6-4-14)27(18,24)25/h3-6,11H,7-10H2,1-2H3,(H,19,23)(H2,18,24,25). The molecule has 9 nitrogen and oxygen atoms in total. The fraction of sp³-hybridized carbons (Fsp3) is 0.353. The maximum Gasteiger partial charge on any atom is 0.238 e. The van der Waals surface area contributed by atoms with Gasteiger partial charge in [0.2, 0.25) is 21.8 Å². The quantitative estimate of drug-likeness (QED) is 0.677. The Morgan fingerprint density at radius 3 is 2.44 bits per heavy atom. The van der Waals surface area contributed by atoms with Crippen molar-refractivity contribution in [2.24, 2.45) is 5.14 Å². The van der Waals surface area contributed by atoms with E-state index in [1.54, 1.807) is 25.1 Å². The second kappa shape index (κ2) is 8.78. The Morgan fingerprint density at radius 1 is 1.26 bits per heavy atom. The molecule has 10 heteroatoms. The summed E-state index contributed by atoms with van der Waals surface area (Å²) in [5.41, 5.74) is 0.867. The molecule has 0 aliphatic heterocycles. The molecule has 2 amide bonds. The summed E-state index contributed by atoms with van der Waals surface area (Å²) in [6.07, 6.45) is 0.658. The van der Waals surface area contributed by atoms with Gasteiger partial charge in [0.15, 0.2) is 5.82 Å². The first-order chi connectivity index (χ1) is 12.7. The first-order valence-corrected chi connectivity index (χ1v) is 9.81. The lowest BCUT2D eigenvalue weighted by Crippen LogP contribution is -2.34. The Bertz CT molecular complexity index is 906. The van der Waals surface area contributed by atoms with Gasteiger partial charge in [0.25, 0.3) is 0 Å². The van der Waals surface area contributed by atoms with E-state index in [4.69, 9.17) is 9.66 Å². The molecule has 2 rings (SSSR count). The van der Waals surface area contributed by atoms with Crippen LogP contribution in [0.1, 0.15) is 24.7 Å². The minimum Gasteiger partial charge on any atom is -0.360 e. The summed E-state index contributed by atoms with van der Waals surface area (Å²) in [6.45, 7) is 3.69. The van der Waals surface area contributed by atoms with Crippen LogP contribution in [0, 0.1) is 6.92 Å². The first-order valence-electron chi connectivity index (χ1n) is 8.26. The number of nitrogens with one attached hydrogen (secondary N) is 1. The van der Waals surface area contributed by atoms with Gasteiger partial charge in [0.1, 0.15) is 5.76 Å². The summed E-state index contributed by atoms with van der Waals surface area (Å²) in [6, 6.07) is 7.78. The van der Waals surface area contributed by atoms with Crippen LogP contribution in [0.5, 0.6) is 0 Å². The number of carbonyl (C=O) groups is 2. The number of benzene rings is 1. The summed E-state index contributed by atoms with van der Waals surface area (Å²) in [4.78, 5) is 25.1. The molecule has 0 aliphatic carbocycles. The number of rotatable bonds is 8. The molecule has 27 heavy (non-hydrogen) atoms. The lowest BCUT2D eigenvalue weighted by molar-refractivity contribution is -0.121. The molecule has 0 unspecified atom stereocenters. The molecular formula is C17H22N4O5S. The number of carbonyl (C=O) groups excluding carboxylic acids is 2. The van der Waals surface area contributed by atoms with Crippen LogP contribution in [0.15, 0.2) is 39.8 Å². The number of sulfonamides is 1. The summed E-state index contributed by atoms with van der Waals surface area (Å²) < 4.78 is 27.4. The molecule has 3 N–H and O–H groups in total. The van der Waals surface area contributed by atoms with E-state index in [1.807, 2.05) is 0 Å². The molecule has 0 saturated carbocycles. The number of nitrogens with two attached hydrogens (primary N) is 1. The average Bonchev–Trinajstić information content (AvgIpc) is 3.00. The van der Waals surface area contributed by atoms with Gasteiger partial charge in [-0.05, 0) is 31.0 Å². The molecule has 0 aliphatic rings. The van der Waals surface area contributed by atoms with Gasteiger partial charge in [-0.1, -0.05) is 17.3 Å². The van der Waals surface area contributed by atoms with Crippen molar-refractivity contribution in [1.82, 2.24) is 10.5 Å². The van der Waals surface area contributed by atoms with Gasteiger partial charge in [-0.2, -0.15) is 0 Å². The third-order valence-corrected chi connectivity index (χ3v) is 4.75. The fourth-order valence-electron chi connectivity index (χ4n) is 2.41. The van der Waals surface area contributed by atoms with Gasteiger partial charge in [0, 0.05) is 32.5 Å². The van der Waals surface area contributed by atoms with Crippen molar-refractivity contribution in [3.05, 3.63) is 41.7 Å². The zero-order valence-corrected chi connectivity index (χ0v) is 16.0. The van der Waals surface area contributed by atoms with Crippen LogP contribution < -0.4 is 15.4 Å². The topological polar surface area (TPSA) is 136 Å². The Kier molecular flexibility index (Phi) is 6.70. The molecule has 0 saturated heterocycles. The first kappa shape index (κ1) is 20.6. The average molecular weight is 394 g/mol. The Balaban J connectivity index is 1.79. The number of aryl methyl sites for hydroxylation is 1. The Labute approximate surface area is 157 Å². The lowest BCUT2D eigenvalue weighted by Gasteiger charge is -2.17. The lowest BCUT2D eigenvalue weighted by atomic mass is 10.1. The van der Waals surface area contributed by atoms with E-state index in [2.05, 4.69) is 10.5 Å². The van der Waals surface area contributed by atoms with Crippen molar-refractivity contribution < 1.29 is 22.5 Å². The highest BCUT2D eigenvalue weighted by Gasteiger charge is 2.16. The van der Waals surface area contributed by atoms with Crippen LogP contribution in [0.25, 0.3) is 0 Å². The van der Waals surface area contributed by atoms with Crippen molar-refractivity contribution in [3.8, 4) is 0 Å². The fourth-order valence-corrected chi connectivity index (χ4v) is 2.92. The number of hydrogen-bond donors (Lipinski definition) is 2. The van der Waals surface area contributed by atoms with Crippen LogP contribution in [0.2, 0.25) is 0 Å². The molecule has 2 aromatic rings. The van der Waals surface area contributed by atoms with Crippen LogP contribution in [-0.2, 0) is 26.0 Å². The smallest absolute Gasteiger partial charge is 0.238 e. The monoisotopic (exact) mass is 394 g/mol. The van der Waals surface area contributed by atoms with Gasteiger partial charge >= 0.3 is 0 Å². The van der Waals surface area contributed by atoms with Crippen LogP contribution in [0.4, 0.5) is 5.82 Å². The molecule has 0 fully saturated rings. The highest BCUT2D eigenvalue weighted by Crippen LogP contribution is 2.14. The van der Waals surface area contributed by atoms with E-state index in [0.29, 0.717) is 24.5 Å². The molecule has 1 aromatic heterocycles. The van der Waals surface area contributed by atoms with Gasteiger partial charge in [-0.3, -0.25) is 14.5 Å². The third kappa shape index (κ3) is 6.19. The van der Waals surface area contributed by atoms with Gasteiger partial charge in [-0.15, -0.1) is 0 Å². The minimum atomic E-state index is -3.71. The number of amides is 2. The molecule has 0 atom stereocenters. The normalized spacial score (nSPS) is 11.2. The van der Waals surface area contributed by atoms with Crippen LogP contribution in [0.3, 0.4) is 0 Å². The summed E-state index contributed by atoms with van der Waals surface area (Å²) in [5, 5.41) is 11.6. The zero-order chi connectivity index (χ0) is 20.0. The molecule has 1 heterocycles. The number of hydrogen-bond acceptors (Lipinski definition) is 6. The van der Waals surface area contributed by atoms with Crippen LogP contribution >= 0.6 is 0 Å². The van der Waals surface area contributed by atoms with E-state index in [0.717, 1.165) is 5.56 Å². The second-order valence-electron chi connectivity index (χ2n) is 6.01. The predicted molar refractivity (Wildman–Crippen MR) is 98.4 cm³/mol. The number of nitrogens with zero attached hydrogens (tertiary/aromatic N) is 2. The number of anilines is 1. The van der Waals surface area contributed by atoms with E-state index in [-0.39, 0.29) is 29.7 Å². The molecule has 0 radical (unpaired) electrons. The van der Waals surface area contributed by atoms with Gasteiger partial charge in [-0.25, -0.2) is 13.6 Å². The Morgan fingerprint density at radius 2 is 1.93 bits per heavy atom. The van der Waals surface area contributed by atoms with E-state index < -0.39 is 10.0 Å². The number of primary sulfonamides is 1. The summed E-state index contributed by atoms with van der Waals surface area (Å²) in [7, 11) is -3.71. The molecule has 146 valence electrons. The SMILES string of the molecule is CC(=O)N(CCC(=O)NCCc1ccc(S(N)(=O)=O)cc1)c1cc(C)on1. The highest BCUT2D eigenvalue weighted by molar-refractivity contribution is 7.89. The summed E-state index contributed by atoms with van der Waals surface area (Å²) >= 11 is 0. The van der Waals surface area contributed by atoms with Crippen LogP contribution in [-0.4, -0.2) is 38.5 Å². The van der Waals surface area contributed by atoms with Crippen molar-refractivity contribution in [1.29, 1.82) is 0 Å². The maximum absolute atomic E-state index is 12.0. The third-order valence-electron chi connectivity index (χ3n) is 3.82. The Hall–Kier alpha value is -2.72. The van der Waals surface area contributed by atoms with Gasteiger partial charge in [0.05, 0.1) is 4.90 Å². The number of aromatic nitrogens is 1. The molecular weight excluding hydrogens is 372 g/mol. The van der Waals surface area contributed by atoms with Gasteiger partial charge < -0.3 is 9.84 Å². The highest BCUT2D eigenvalue weighted by atomic mass is 32.2. The summed E-state index contributed by atoms with van der Waals surface area (Å²) in [5.74, 6) is 0.519. The van der Waals surface area contributed by atoms with Crippen molar-refractivity contribution >= 4 is 27.7 Å². The second-order valence-corrected chi connectivity index (χ2v) is 7.57. The zero-order valence-electron chi connectivity index (χ0n) is 15.1. The van der Waals surface area contributed by atoms with E-state index in [9.17, 15) is 18.0 Å². The largest absolute Gasteiger partial charge is 0.360 e. The molecule has 1 aromatic carbocycles. The maximum atomic E-state index is 12.0. The van der Waals surface area contributed by atoms with Crippen molar-refractivity contribution in [2.75, 3.05) is 18.0 Å². The van der Waals surface area contributed by atoms with E-state index in [1.165, 1.54) is 24.0 Å². The van der Waals surface area contributed by atoms with Crippen molar-refractivity contribution in [3.63, 3.8) is 0 Å².